The van der Waals surface area contributed by atoms with E-state index in [0.29, 0.717) is 0 Å². The van der Waals surface area contributed by atoms with Crippen LogP contribution >= 0.6 is 0 Å². The number of fused-ring (bicyclic) bond motifs is 4. The van der Waals surface area contributed by atoms with E-state index in [9.17, 15) is 0 Å². The van der Waals surface area contributed by atoms with Gasteiger partial charge in [-0.1, -0.05) is 158 Å². The summed E-state index contributed by atoms with van der Waals surface area (Å²) in [6.45, 7) is 0. The highest BCUT2D eigenvalue weighted by Crippen LogP contribution is 2.48. The van der Waals surface area contributed by atoms with Crippen molar-refractivity contribution in [3.8, 4) is 22.3 Å². The molecule has 0 amide bonds. The molecule has 0 saturated heterocycles. The summed E-state index contributed by atoms with van der Waals surface area (Å²) in [5.74, 6) is 0. The van der Waals surface area contributed by atoms with Gasteiger partial charge in [-0.3, -0.25) is 0 Å². The van der Waals surface area contributed by atoms with Gasteiger partial charge in [-0.2, -0.15) is 0 Å². The van der Waals surface area contributed by atoms with E-state index in [-0.39, 0.29) is 0 Å². The third kappa shape index (κ3) is 6.14. The molecule has 0 aliphatic carbocycles. The molecule has 264 valence electrons. The van der Waals surface area contributed by atoms with Gasteiger partial charge in [0.2, 0.25) is 0 Å². The fourth-order valence-electron chi connectivity index (χ4n) is 8.14. The van der Waals surface area contributed by atoms with Crippen LogP contribution in [0.15, 0.2) is 231 Å². The second-order valence-electron chi connectivity index (χ2n) is 14.2. The molecule has 0 spiro atoms. The molecular formula is C54H38N2. The molecule has 0 heterocycles. The highest BCUT2D eigenvalue weighted by molar-refractivity contribution is 6.18. The average Bonchev–Trinajstić information content (AvgIpc) is 3.27. The van der Waals surface area contributed by atoms with Crippen LogP contribution in [-0.2, 0) is 0 Å². The molecule has 0 N–H and O–H groups in total. The largest absolute Gasteiger partial charge is 0.310 e. The summed E-state index contributed by atoms with van der Waals surface area (Å²) in [4.78, 5) is 4.79. The molecule has 0 unspecified atom stereocenters. The molecule has 2 nitrogen and oxygen atoms in total. The van der Waals surface area contributed by atoms with Gasteiger partial charge >= 0.3 is 0 Å². The van der Waals surface area contributed by atoms with Crippen LogP contribution in [0.25, 0.3) is 54.6 Å². The van der Waals surface area contributed by atoms with Crippen molar-refractivity contribution in [3.63, 3.8) is 0 Å². The monoisotopic (exact) mass is 714 g/mol. The van der Waals surface area contributed by atoms with Gasteiger partial charge in [0.1, 0.15) is 0 Å². The van der Waals surface area contributed by atoms with Crippen molar-refractivity contribution in [2.24, 2.45) is 0 Å². The number of anilines is 6. The molecule has 56 heavy (non-hydrogen) atoms. The summed E-state index contributed by atoms with van der Waals surface area (Å²) in [6, 6.07) is 83.3. The van der Waals surface area contributed by atoms with E-state index in [1.807, 2.05) is 0 Å². The highest BCUT2D eigenvalue weighted by Gasteiger charge is 2.23. The Bertz CT molecular complexity index is 2900. The first-order valence-electron chi connectivity index (χ1n) is 19.2. The Kier molecular flexibility index (Phi) is 8.55. The number of benzene rings is 10. The molecule has 0 atom stereocenters. The predicted molar refractivity (Wildman–Crippen MR) is 239 cm³/mol. The Morgan fingerprint density at radius 2 is 0.714 bits per heavy atom. The summed E-state index contributed by atoms with van der Waals surface area (Å²) >= 11 is 0. The van der Waals surface area contributed by atoms with Crippen molar-refractivity contribution in [3.05, 3.63) is 231 Å². The van der Waals surface area contributed by atoms with Crippen molar-refractivity contribution in [1.82, 2.24) is 0 Å². The number of hydrogen-bond donors (Lipinski definition) is 0. The topological polar surface area (TPSA) is 6.48 Å². The molecule has 0 bridgehead atoms. The third-order valence-electron chi connectivity index (χ3n) is 10.8. The zero-order chi connectivity index (χ0) is 37.3. The molecule has 10 aromatic rings. The van der Waals surface area contributed by atoms with Gasteiger partial charge < -0.3 is 9.80 Å². The van der Waals surface area contributed by atoms with Crippen LogP contribution in [0.5, 0.6) is 0 Å². The normalized spacial score (nSPS) is 11.2. The van der Waals surface area contributed by atoms with Gasteiger partial charge in [-0.05, 0) is 122 Å². The third-order valence-corrected chi connectivity index (χ3v) is 10.8. The van der Waals surface area contributed by atoms with Crippen molar-refractivity contribution < 1.29 is 0 Å². The smallest absolute Gasteiger partial charge is 0.0546 e. The first kappa shape index (κ1) is 33.2. The fraction of sp³-hybridized carbons (Fsp3) is 0. The second kappa shape index (κ2) is 14.4. The van der Waals surface area contributed by atoms with Gasteiger partial charge in [0.25, 0.3) is 0 Å². The predicted octanol–water partition coefficient (Wildman–Crippen LogP) is 15.4. The zero-order valence-electron chi connectivity index (χ0n) is 30.8. The number of nitrogens with zero attached hydrogens (tertiary/aromatic N) is 2. The molecule has 0 radical (unpaired) electrons. The molecule has 0 aliphatic heterocycles. The lowest BCUT2D eigenvalue weighted by atomic mass is 9.90. The van der Waals surface area contributed by atoms with Crippen LogP contribution in [0.1, 0.15) is 0 Å². The fourth-order valence-corrected chi connectivity index (χ4v) is 8.14. The van der Waals surface area contributed by atoms with Crippen molar-refractivity contribution >= 4 is 66.4 Å². The minimum absolute atomic E-state index is 1.09. The molecule has 0 aliphatic rings. The Labute approximate surface area is 327 Å². The van der Waals surface area contributed by atoms with Crippen LogP contribution in [-0.4, -0.2) is 0 Å². The summed E-state index contributed by atoms with van der Waals surface area (Å²) < 4.78 is 0. The maximum absolute atomic E-state index is 2.41. The SMILES string of the molecule is c1ccc(-c2ccc(N(c3ccccc3)c3cc(-c4cc5ccccc5cc4N(c4ccccc4)c4ccccc4)c4c(ccc5ccccc54)c3)cc2)cc1. The Hall–Kier alpha value is -7.42. The van der Waals surface area contributed by atoms with Gasteiger partial charge in [0.05, 0.1) is 5.69 Å². The standard InChI is InChI=1S/C54H38N2/c1-5-17-39(18-6-1)40-31-33-48(34-32-40)55(45-22-7-2-8-23-45)49-35-44-30-29-41-19-15-16-28-50(41)54(44)52(38-49)51-36-42-20-13-14-21-43(42)37-53(51)56(46-24-9-3-10-25-46)47-26-11-4-12-27-47/h1-38H. The Morgan fingerprint density at radius 1 is 0.250 bits per heavy atom. The summed E-state index contributed by atoms with van der Waals surface area (Å²) in [6.07, 6.45) is 0. The zero-order valence-corrected chi connectivity index (χ0v) is 30.8. The highest BCUT2D eigenvalue weighted by atomic mass is 15.2. The van der Waals surface area contributed by atoms with Gasteiger partial charge in [-0.25, -0.2) is 0 Å². The lowest BCUT2D eigenvalue weighted by Crippen LogP contribution is -2.12. The van der Waals surface area contributed by atoms with E-state index in [4.69, 9.17) is 0 Å². The van der Waals surface area contributed by atoms with E-state index >= 15 is 0 Å². The van der Waals surface area contributed by atoms with E-state index in [1.165, 1.54) is 49.0 Å². The van der Waals surface area contributed by atoms with E-state index in [2.05, 4.69) is 240 Å². The summed E-state index contributed by atoms with van der Waals surface area (Å²) in [7, 11) is 0. The molecule has 2 heteroatoms. The molecule has 0 saturated carbocycles. The molecular weight excluding hydrogens is 677 g/mol. The summed E-state index contributed by atoms with van der Waals surface area (Å²) in [5, 5.41) is 7.26. The number of hydrogen-bond acceptors (Lipinski definition) is 2. The van der Waals surface area contributed by atoms with Crippen molar-refractivity contribution in [2.75, 3.05) is 9.80 Å². The molecule has 10 rings (SSSR count). The second-order valence-corrected chi connectivity index (χ2v) is 14.2. The van der Waals surface area contributed by atoms with E-state index in [1.54, 1.807) is 0 Å². The lowest BCUT2D eigenvalue weighted by Gasteiger charge is -2.30. The minimum atomic E-state index is 1.09. The molecule has 10 aromatic carbocycles. The van der Waals surface area contributed by atoms with Crippen molar-refractivity contribution in [1.29, 1.82) is 0 Å². The number of para-hydroxylation sites is 3. The first-order valence-corrected chi connectivity index (χ1v) is 19.2. The summed E-state index contributed by atoms with van der Waals surface area (Å²) in [5.41, 5.74) is 11.3. The first-order chi connectivity index (χ1) is 27.8. The van der Waals surface area contributed by atoms with Crippen LogP contribution in [0.4, 0.5) is 34.1 Å². The number of rotatable bonds is 8. The molecule has 0 aromatic heterocycles. The molecule has 0 fully saturated rings. The van der Waals surface area contributed by atoms with E-state index < -0.39 is 0 Å². The Balaban J connectivity index is 1.28. The Morgan fingerprint density at radius 3 is 1.34 bits per heavy atom. The van der Waals surface area contributed by atoms with Crippen molar-refractivity contribution in [2.45, 2.75) is 0 Å². The van der Waals surface area contributed by atoms with Crippen LogP contribution in [0.2, 0.25) is 0 Å². The quantitative estimate of drug-likeness (QED) is 0.145. The van der Waals surface area contributed by atoms with Crippen LogP contribution < -0.4 is 9.80 Å². The van der Waals surface area contributed by atoms with Gasteiger partial charge in [0.15, 0.2) is 0 Å². The van der Waals surface area contributed by atoms with Crippen LogP contribution in [0.3, 0.4) is 0 Å². The lowest BCUT2D eigenvalue weighted by molar-refractivity contribution is 1.28. The minimum Gasteiger partial charge on any atom is -0.310 e. The maximum Gasteiger partial charge on any atom is 0.0546 e. The van der Waals surface area contributed by atoms with Gasteiger partial charge in [0, 0.05) is 34.0 Å². The van der Waals surface area contributed by atoms with Gasteiger partial charge in [-0.15, -0.1) is 0 Å². The van der Waals surface area contributed by atoms with E-state index in [0.717, 1.165) is 39.7 Å². The maximum atomic E-state index is 2.41. The van der Waals surface area contributed by atoms with Crippen LogP contribution in [0, 0.1) is 0 Å². The average molecular weight is 715 g/mol.